The van der Waals surface area contributed by atoms with Crippen LogP contribution in [0.3, 0.4) is 0 Å². The van der Waals surface area contributed by atoms with Gasteiger partial charge in [0.05, 0.1) is 13.7 Å². The minimum absolute atomic E-state index is 0.0363. The minimum atomic E-state index is 0.0363. The number of rotatable bonds is 5. The fraction of sp³-hybridized carbons (Fsp3) is 0.588. The van der Waals surface area contributed by atoms with Crippen LogP contribution in [0.25, 0.3) is 0 Å². The Morgan fingerprint density at radius 1 is 1.35 bits per heavy atom. The smallest absolute Gasteiger partial charge is 0.238 e. The molecule has 6 heteroatoms. The van der Waals surface area contributed by atoms with Crippen molar-refractivity contribution >= 4 is 11.6 Å². The van der Waals surface area contributed by atoms with Gasteiger partial charge in [0, 0.05) is 50.5 Å². The normalized spacial score (nSPS) is 22.9. The molecule has 1 aromatic carbocycles. The number of methoxy groups -OCH3 is 1. The second-order valence-electron chi connectivity index (χ2n) is 6.24. The number of nitrogens with one attached hydrogen (secondary N) is 2. The van der Waals surface area contributed by atoms with E-state index in [4.69, 9.17) is 4.74 Å². The van der Waals surface area contributed by atoms with Crippen LogP contribution in [-0.4, -0.2) is 74.7 Å². The summed E-state index contributed by atoms with van der Waals surface area (Å²) >= 11 is 0. The summed E-state index contributed by atoms with van der Waals surface area (Å²) < 4.78 is 5.17. The van der Waals surface area contributed by atoms with Crippen molar-refractivity contribution in [3.05, 3.63) is 24.3 Å². The molecule has 1 amide bonds. The Morgan fingerprint density at radius 3 is 2.87 bits per heavy atom. The number of hydrogen-bond acceptors (Lipinski definition) is 5. The lowest BCUT2D eigenvalue weighted by Crippen LogP contribution is -2.52. The zero-order valence-corrected chi connectivity index (χ0v) is 13.8. The molecule has 0 aliphatic carbocycles. The van der Waals surface area contributed by atoms with Crippen molar-refractivity contribution in [2.24, 2.45) is 0 Å². The molecule has 126 valence electrons. The van der Waals surface area contributed by atoms with E-state index in [0.717, 1.165) is 50.7 Å². The molecule has 2 fully saturated rings. The average Bonchev–Trinajstić information content (AvgIpc) is 3.10. The number of amides is 1. The maximum Gasteiger partial charge on any atom is 0.238 e. The number of benzene rings is 1. The van der Waals surface area contributed by atoms with Gasteiger partial charge in [0.1, 0.15) is 5.75 Å². The SMILES string of the molecule is COc1cccc(NC(=O)CN2CCN(C3CCNC3)CC2)c1. The number of nitrogens with zero attached hydrogens (tertiary/aromatic N) is 2. The van der Waals surface area contributed by atoms with Crippen LogP contribution in [0.5, 0.6) is 5.75 Å². The van der Waals surface area contributed by atoms with Crippen molar-refractivity contribution < 1.29 is 9.53 Å². The molecule has 2 saturated heterocycles. The van der Waals surface area contributed by atoms with Gasteiger partial charge in [-0.2, -0.15) is 0 Å². The highest BCUT2D eigenvalue weighted by Crippen LogP contribution is 2.17. The molecule has 2 heterocycles. The van der Waals surface area contributed by atoms with E-state index in [1.165, 1.54) is 6.42 Å². The number of hydrogen-bond donors (Lipinski definition) is 2. The van der Waals surface area contributed by atoms with Crippen molar-refractivity contribution in [1.82, 2.24) is 15.1 Å². The first-order valence-electron chi connectivity index (χ1n) is 8.35. The molecule has 3 rings (SSSR count). The second kappa shape index (κ2) is 7.77. The fourth-order valence-corrected chi connectivity index (χ4v) is 3.34. The van der Waals surface area contributed by atoms with Crippen molar-refractivity contribution in [3.63, 3.8) is 0 Å². The lowest BCUT2D eigenvalue weighted by Gasteiger charge is -2.37. The molecule has 2 aliphatic rings. The first-order valence-corrected chi connectivity index (χ1v) is 8.35. The Kier molecular flexibility index (Phi) is 5.48. The monoisotopic (exact) mass is 318 g/mol. The van der Waals surface area contributed by atoms with Gasteiger partial charge in [-0.15, -0.1) is 0 Å². The van der Waals surface area contributed by atoms with Crippen molar-refractivity contribution in [3.8, 4) is 5.75 Å². The molecule has 1 aromatic rings. The van der Waals surface area contributed by atoms with Crippen molar-refractivity contribution in [2.45, 2.75) is 12.5 Å². The molecule has 6 nitrogen and oxygen atoms in total. The molecular formula is C17H26N4O2. The molecule has 2 aliphatic heterocycles. The summed E-state index contributed by atoms with van der Waals surface area (Å²) in [4.78, 5) is 17.0. The van der Waals surface area contributed by atoms with E-state index in [1.807, 2.05) is 24.3 Å². The molecule has 0 spiro atoms. The molecule has 23 heavy (non-hydrogen) atoms. The highest BCUT2D eigenvalue weighted by Gasteiger charge is 2.26. The van der Waals surface area contributed by atoms with Gasteiger partial charge in [-0.3, -0.25) is 14.6 Å². The summed E-state index contributed by atoms with van der Waals surface area (Å²) in [6.45, 7) is 6.72. The van der Waals surface area contributed by atoms with E-state index >= 15 is 0 Å². The van der Waals surface area contributed by atoms with E-state index in [9.17, 15) is 4.79 Å². The first-order chi connectivity index (χ1) is 11.2. The van der Waals surface area contributed by atoms with E-state index in [-0.39, 0.29) is 5.91 Å². The summed E-state index contributed by atoms with van der Waals surface area (Å²) in [6, 6.07) is 8.15. The summed E-state index contributed by atoms with van der Waals surface area (Å²) in [7, 11) is 1.63. The molecule has 0 radical (unpaired) electrons. The summed E-state index contributed by atoms with van der Waals surface area (Å²) in [5.41, 5.74) is 0.782. The van der Waals surface area contributed by atoms with Crippen LogP contribution in [-0.2, 0) is 4.79 Å². The predicted octanol–water partition coefficient (Wildman–Crippen LogP) is 0.613. The van der Waals surface area contributed by atoms with Gasteiger partial charge in [-0.1, -0.05) is 6.07 Å². The molecule has 2 N–H and O–H groups in total. The average molecular weight is 318 g/mol. The van der Waals surface area contributed by atoms with Gasteiger partial charge < -0.3 is 15.4 Å². The van der Waals surface area contributed by atoms with Gasteiger partial charge in [0.25, 0.3) is 0 Å². The third-order valence-electron chi connectivity index (χ3n) is 4.68. The highest BCUT2D eigenvalue weighted by atomic mass is 16.5. The van der Waals surface area contributed by atoms with E-state index in [0.29, 0.717) is 12.6 Å². The second-order valence-corrected chi connectivity index (χ2v) is 6.24. The zero-order chi connectivity index (χ0) is 16.1. The van der Waals surface area contributed by atoms with Crippen LogP contribution in [0, 0.1) is 0 Å². The Balaban J connectivity index is 1.43. The van der Waals surface area contributed by atoms with Crippen LogP contribution in [0.1, 0.15) is 6.42 Å². The van der Waals surface area contributed by atoms with E-state index in [2.05, 4.69) is 20.4 Å². The number of ether oxygens (including phenoxy) is 1. The Bertz CT molecular complexity index is 523. The predicted molar refractivity (Wildman–Crippen MR) is 90.9 cm³/mol. The van der Waals surface area contributed by atoms with E-state index in [1.54, 1.807) is 7.11 Å². The molecule has 0 saturated carbocycles. The van der Waals surface area contributed by atoms with Crippen LogP contribution < -0.4 is 15.4 Å². The molecule has 1 atom stereocenters. The zero-order valence-electron chi connectivity index (χ0n) is 13.8. The van der Waals surface area contributed by atoms with Gasteiger partial charge in [-0.25, -0.2) is 0 Å². The quantitative estimate of drug-likeness (QED) is 0.833. The first kappa shape index (κ1) is 16.2. The summed E-state index contributed by atoms with van der Waals surface area (Å²) in [5.74, 6) is 0.788. The maximum absolute atomic E-state index is 12.2. The van der Waals surface area contributed by atoms with Crippen molar-refractivity contribution in [2.75, 3.05) is 58.2 Å². The lowest BCUT2D eigenvalue weighted by atomic mass is 10.2. The van der Waals surface area contributed by atoms with Gasteiger partial charge in [0.15, 0.2) is 0 Å². The fourth-order valence-electron chi connectivity index (χ4n) is 3.34. The number of carbonyl (C=O) groups excluding carboxylic acids is 1. The number of piperazine rings is 1. The van der Waals surface area contributed by atoms with Gasteiger partial charge >= 0.3 is 0 Å². The Labute approximate surface area is 137 Å². The Hall–Kier alpha value is -1.63. The highest BCUT2D eigenvalue weighted by molar-refractivity contribution is 5.92. The summed E-state index contributed by atoms with van der Waals surface area (Å²) in [5, 5.41) is 6.37. The largest absolute Gasteiger partial charge is 0.497 e. The molecule has 0 aromatic heterocycles. The standard InChI is InChI=1S/C17H26N4O2/c1-23-16-4-2-3-14(11-16)19-17(22)13-20-7-9-21(10-8-20)15-5-6-18-12-15/h2-4,11,15,18H,5-10,12-13H2,1H3,(H,19,22). The third-order valence-corrected chi connectivity index (χ3v) is 4.68. The topological polar surface area (TPSA) is 56.8 Å². The Morgan fingerprint density at radius 2 is 2.17 bits per heavy atom. The minimum Gasteiger partial charge on any atom is -0.497 e. The van der Waals surface area contributed by atoms with Gasteiger partial charge in [-0.05, 0) is 25.1 Å². The van der Waals surface area contributed by atoms with E-state index < -0.39 is 0 Å². The summed E-state index contributed by atoms with van der Waals surface area (Å²) in [6.07, 6.45) is 1.25. The number of carbonyl (C=O) groups is 1. The van der Waals surface area contributed by atoms with Gasteiger partial charge in [0.2, 0.25) is 5.91 Å². The third kappa shape index (κ3) is 4.43. The van der Waals surface area contributed by atoms with Crippen molar-refractivity contribution in [1.29, 1.82) is 0 Å². The van der Waals surface area contributed by atoms with Crippen LogP contribution in [0.15, 0.2) is 24.3 Å². The maximum atomic E-state index is 12.2. The van der Waals surface area contributed by atoms with Crippen LogP contribution in [0.2, 0.25) is 0 Å². The molecule has 0 bridgehead atoms. The number of anilines is 1. The molecular weight excluding hydrogens is 292 g/mol. The molecule has 1 unspecified atom stereocenters. The van der Waals surface area contributed by atoms with Crippen LogP contribution in [0.4, 0.5) is 5.69 Å². The van der Waals surface area contributed by atoms with Crippen LogP contribution >= 0.6 is 0 Å². The lowest BCUT2D eigenvalue weighted by molar-refractivity contribution is -0.117.